The smallest absolute Gasteiger partial charge is 0.185 e. The third-order valence-electron chi connectivity index (χ3n) is 8.57. The van der Waals surface area contributed by atoms with Crippen molar-refractivity contribution in [2.75, 3.05) is 44.9 Å². The van der Waals surface area contributed by atoms with Crippen LogP contribution in [0.25, 0.3) is 11.2 Å². The van der Waals surface area contributed by atoms with Crippen LogP contribution in [0.4, 0.5) is 10.1 Å². The second-order valence-electron chi connectivity index (χ2n) is 11.5. The third-order valence-corrected chi connectivity index (χ3v) is 8.80. The molecule has 0 amide bonds. The lowest BCUT2D eigenvalue weighted by molar-refractivity contribution is -0.0593. The van der Waals surface area contributed by atoms with Crippen LogP contribution in [0.5, 0.6) is 11.5 Å². The van der Waals surface area contributed by atoms with E-state index in [1.807, 2.05) is 30.3 Å². The van der Waals surface area contributed by atoms with Gasteiger partial charge in [0.1, 0.15) is 23.8 Å². The topological polar surface area (TPSA) is 74.1 Å². The zero-order valence-electron chi connectivity index (χ0n) is 24.3. The Balaban J connectivity index is 1.09. The number of para-hydroxylation sites is 1. The minimum absolute atomic E-state index is 0.190. The zero-order valence-corrected chi connectivity index (χ0v) is 25.1. The van der Waals surface area contributed by atoms with Gasteiger partial charge in [0.15, 0.2) is 23.3 Å². The van der Waals surface area contributed by atoms with E-state index in [4.69, 9.17) is 40.5 Å². The van der Waals surface area contributed by atoms with Gasteiger partial charge >= 0.3 is 0 Å². The van der Waals surface area contributed by atoms with Crippen molar-refractivity contribution in [3.63, 3.8) is 0 Å². The van der Waals surface area contributed by atoms with Crippen LogP contribution >= 0.6 is 11.6 Å². The summed E-state index contributed by atoms with van der Waals surface area (Å²) in [6.45, 7) is 7.62. The Hall–Kier alpha value is -3.44. The molecule has 11 heteroatoms. The van der Waals surface area contributed by atoms with Gasteiger partial charge in [-0.25, -0.2) is 14.4 Å². The molecule has 0 saturated carbocycles. The van der Waals surface area contributed by atoms with Gasteiger partial charge in [-0.2, -0.15) is 0 Å². The first-order valence-corrected chi connectivity index (χ1v) is 15.2. The van der Waals surface area contributed by atoms with E-state index in [0.717, 1.165) is 67.6 Å². The molecule has 0 unspecified atom stereocenters. The molecular weight excluding hydrogens is 573 g/mol. The van der Waals surface area contributed by atoms with Crippen LogP contribution in [0.3, 0.4) is 0 Å². The number of aromatic nitrogens is 3. The fourth-order valence-electron chi connectivity index (χ4n) is 6.13. The van der Waals surface area contributed by atoms with Crippen LogP contribution in [-0.4, -0.2) is 71.5 Å². The van der Waals surface area contributed by atoms with Gasteiger partial charge in [0, 0.05) is 50.0 Å². The quantitative estimate of drug-likeness (QED) is 0.264. The Labute approximate surface area is 255 Å². The Morgan fingerprint density at radius 3 is 2.77 bits per heavy atom. The van der Waals surface area contributed by atoms with E-state index in [9.17, 15) is 4.39 Å². The summed E-state index contributed by atoms with van der Waals surface area (Å²) >= 11 is 5.98. The highest BCUT2D eigenvalue weighted by atomic mass is 35.5. The van der Waals surface area contributed by atoms with Crippen LogP contribution in [0.2, 0.25) is 5.02 Å². The van der Waals surface area contributed by atoms with E-state index in [0.29, 0.717) is 35.2 Å². The van der Waals surface area contributed by atoms with Gasteiger partial charge in [-0.05, 0) is 49.7 Å². The van der Waals surface area contributed by atoms with Gasteiger partial charge in [0.2, 0.25) is 0 Å². The number of hydrogen-bond acceptors (Lipinski definition) is 8. The minimum Gasteiger partial charge on any atom is -0.485 e. The maximum atomic E-state index is 14.7. The van der Waals surface area contributed by atoms with Gasteiger partial charge in [-0.15, -0.1) is 0 Å². The highest BCUT2D eigenvalue weighted by Gasteiger charge is 2.32. The van der Waals surface area contributed by atoms with Gasteiger partial charge in [-0.1, -0.05) is 23.7 Å². The van der Waals surface area contributed by atoms with Gasteiger partial charge in [-0.3, -0.25) is 4.90 Å². The summed E-state index contributed by atoms with van der Waals surface area (Å²) in [6, 6.07) is 14.8. The van der Waals surface area contributed by atoms with Crippen molar-refractivity contribution in [2.24, 2.45) is 0 Å². The number of anilines is 1. The van der Waals surface area contributed by atoms with Crippen molar-refractivity contribution < 1.29 is 23.3 Å². The van der Waals surface area contributed by atoms with Crippen molar-refractivity contribution in [2.45, 2.75) is 51.3 Å². The molecule has 3 atom stereocenters. The third kappa shape index (κ3) is 5.64. The molecule has 226 valence electrons. The second kappa shape index (κ2) is 11.9. The van der Waals surface area contributed by atoms with Crippen molar-refractivity contribution in [3.8, 4) is 11.5 Å². The molecule has 7 rings (SSSR count). The molecule has 43 heavy (non-hydrogen) atoms. The number of methoxy groups -OCH3 is 1. The van der Waals surface area contributed by atoms with Gasteiger partial charge in [0.25, 0.3) is 0 Å². The molecule has 0 radical (unpaired) electrons. The summed E-state index contributed by atoms with van der Waals surface area (Å²) in [6.07, 6.45) is 0.676. The Morgan fingerprint density at radius 1 is 1.12 bits per heavy atom. The molecular formula is C32H35ClFN5O4. The molecule has 0 spiro atoms. The van der Waals surface area contributed by atoms with E-state index < -0.39 is 11.9 Å². The number of imidazole rings is 1. The number of hydrogen-bond donors (Lipinski definition) is 0. The standard InChI is InChI=1S/C32H35ClFN5O4/c1-20-15-38(27-4-3-5-28-31(27)43-29(19-42-28)24-8-6-21(33)14-25(24)34)12-11-37(20)17-30-36-26-9-7-22(18-40-2)35-32(26)39(30)16-23-10-13-41-23/h3-9,14,20,23,29H,10-13,15-19H2,1-2H3/t20-,23-,29-/m0/s1. The Morgan fingerprint density at radius 2 is 2.00 bits per heavy atom. The predicted octanol–water partition coefficient (Wildman–Crippen LogP) is 5.38. The number of ether oxygens (including phenoxy) is 4. The fourth-order valence-corrected chi connectivity index (χ4v) is 6.29. The molecule has 3 aliphatic rings. The van der Waals surface area contributed by atoms with E-state index in [1.165, 1.54) is 6.07 Å². The normalized spacial score (nSPS) is 22.1. The second-order valence-corrected chi connectivity index (χ2v) is 11.9. The molecule has 3 aliphatic heterocycles. The molecule has 9 nitrogen and oxygen atoms in total. The first-order chi connectivity index (χ1) is 21.0. The molecule has 2 saturated heterocycles. The van der Waals surface area contributed by atoms with Crippen molar-refractivity contribution in [3.05, 3.63) is 76.5 Å². The number of piperazine rings is 1. The van der Waals surface area contributed by atoms with Crippen molar-refractivity contribution in [1.29, 1.82) is 0 Å². The van der Waals surface area contributed by atoms with Crippen LogP contribution in [0, 0.1) is 5.82 Å². The van der Waals surface area contributed by atoms with Crippen LogP contribution < -0.4 is 14.4 Å². The number of rotatable bonds is 8. The number of nitrogens with zero attached hydrogens (tertiary/aromatic N) is 5. The maximum Gasteiger partial charge on any atom is 0.185 e. The summed E-state index contributed by atoms with van der Waals surface area (Å²) < 4.78 is 40.5. The monoisotopic (exact) mass is 607 g/mol. The SMILES string of the molecule is COCc1ccc2nc(CN3CCN(c4cccc5c4O[C@H](c4ccc(Cl)cc4F)CO5)C[C@@H]3C)n(C[C@@H]3CCO3)c2n1. The molecule has 0 bridgehead atoms. The van der Waals surface area contributed by atoms with Crippen molar-refractivity contribution >= 4 is 28.5 Å². The number of benzene rings is 2. The zero-order chi connectivity index (χ0) is 29.5. The van der Waals surface area contributed by atoms with Crippen LogP contribution in [0.1, 0.15) is 36.5 Å². The molecule has 0 N–H and O–H groups in total. The van der Waals surface area contributed by atoms with Gasteiger partial charge in [0.05, 0.1) is 37.2 Å². The lowest BCUT2D eigenvalue weighted by atomic mass is 10.1. The minimum atomic E-state index is -0.560. The molecule has 5 heterocycles. The Bertz CT molecular complexity index is 1630. The number of halogens is 2. The number of fused-ring (bicyclic) bond motifs is 2. The summed E-state index contributed by atoms with van der Waals surface area (Å²) in [5.74, 6) is 1.92. The molecule has 2 aromatic heterocycles. The van der Waals surface area contributed by atoms with Gasteiger partial charge < -0.3 is 28.4 Å². The average molecular weight is 608 g/mol. The average Bonchev–Trinajstić information content (AvgIpc) is 3.31. The maximum absolute atomic E-state index is 14.7. The lowest BCUT2D eigenvalue weighted by Crippen LogP contribution is -2.52. The first kappa shape index (κ1) is 28.3. The van der Waals surface area contributed by atoms with Crippen molar-refractivity contribution in [1.82, 2.24) is 19.4 Å². The van der Waals surface area contributed by atoms with E-state index in [1.54, 1.807) is 19.2 Å². The summed E-state index contributed by atoms with van der Waals surface area (Å²) in [7, 11) is 1.68. The fraction of sp³-hybridized carbons (Fsp3) is 0.438. The van der Waals surface area contributed by atoms with Crippen LogP contribution in [0.15, 0.2) is 48.5 Å². The largest absolute Gasteiger partial charge is 0.485 e. The summed E-state index contributed by atoms with van der Waals surface area (Å²) in [4.78, 5) is 14.7. The summed E-state index contributed by atoms with van der Waals surface area (Å²) in [5, 5.41) is 0.352. The van der Waals surface area contributed by atoms with E-state index >= 15 is 0 Å². The summed E-state index contributed by atoms with van der Waals surface area (Å²) in [5.41, 5.74) is 4.04. The highest BCUT2D eigenvalue weighted by Crippen LogP contribution is 2.44. The molecule has 2 aromatic carbocycles. The Kier molecular flexibility index (Phi) is 7.85. The highest BCUT2D eigenvalue weighted by molar-refractivity contribution is 6.30. The molecule has 4 aromatic rings. The first-order valence-electron chi connectivity index (χ1n) is 14.8. The molecule has 2 fully saturated rings. The molecule has 0 aliphatic carbocycles. The predicted molar refractivity (Wildman–Crippen MR) is 161 cm³/mol. The van der Waals surface area contributed by atoms with Crippen LogP contribution in [-0.2, 0) is 29.2 Å². The van der Waals surface area contributed by atoms with E-state index in [-0.39, 0.29) is 18.8 Å². The lowest BCUT2D eigenvalue weighted by Gasteiger charge is -2.42. The van der Waals surface area contributed by atoms with E-state index in [2.05, 4.69) is 21.3 Å². The number of pyridine rings is 1.